The van der Waals surface area contributed by atoms with Crippen molar-refractivity contribution in [3.8, 4) is 11.5 Å². The van der Waals surface area contributed by atoms with Crippen LogP contribution in [0.15, 0.2) is 53.8 Å². The monoisotopic (exact) mass is 365 g/mol. The fraction of sp³-hybridized carbons (Fsp3) is 0.238. The molecule has 27 heavy (non-hydrogen) atoms. The Labute approximate surface area is 158 Å². The van der Waals surface area contributed by atoms with Crippen LogP contribution in [0.1, 0.15) is 35.8 Å². The number of fused-ring (bicyclic) bond motifs is 1. The number of carbonyl (C=O) groups is 1. The van der Waals surface area contributed by atoms with Crippen LogP contribution in [0.25, 0.3) is 10.9 Å². The minimum absolute atomic E-state index is 0.330. The maximum Gasteiger partial charge on any atom is 0.271 e. The minimum Gasteiger partial charge on any atom is -0.497 e. The van der Waals surface area contributed by atoms with Crippen molar-refractivity contribution >= 4 is 23.0 Å². The van der Waals surface area contributed by atoms with Crippen LogP contribution < -0.4 is 14.9 Å². The molecule has 0 aliphatic carbocycles. The van der Waals surface area contributed by atoms with Crippen LogP contribution in [0.5, 0.6) is 11.5 Å². The first-order valence-electron chi connectivity index (χ1n) is 8.69. The van der Waals surface area contributed by atoms with Crippen molar-refractivity contribution in [3.05, 3.63) is 59.8 Å². The zero-order valence-corrected chi connectivity index (χ0v) is 15.9. The molecule has 3 aromatic rings. The molecular formula is C21H23N3O3. The first-order valence-corrected chi connectivity index (χ1v) is 8.69. The smallest absolute Gasteiger partial charge is 0.271 e. The van der Waals surface area contributed by atoms with E-state index in [0.29, 0.717) is 23.1 Å². The molecule has 0 saturated carbocycles. The lowest BCUT2D eigenvalue weighted by Crippen LogP contribution is -2.17. The van der Waals surface area contributed by atoms with Gasteiger partial charge in [0.1, 0.15) is 11.5 Å². The van der Waals surface area contributed by atoms with Gasteiger partial charge in [0.2, 0.25) is 0 Å². The Morgan fingerprint density at radius 2 is 1.78 bits per heavy atom. The fourth-order valence-corrected chi connectivity index (χ4v) is 2.93. The molecule has 0 spiro atoms. The molecule has 1 N–H and O–H groups in total. The highest BCUT2D eigenvalue weighted by Gasteiger charge is 2.10. The fourth-order valence-electron chi connectivity index (χ4n) is 2.93. The Balaban J connectivity index is 1.82. The number of para-hydroxylation sites is 1. The summed E-state index contributed by atoms with van der Waals surface area (Å²) in [5.41, 5.74) is 5.06. The number of amides is 1. The van der Waals surface area contributed by atoms with E-state index < -0.39 is 0 Å². The molecule has 6 nitrogen and oxygen atoms in total. The van der Waals surface area contributed by atoms with Crippen molar-refractivity contribution in [3.63, 3.8) is 0 Å². The van der Waals surface area contributed by atoms with Crippen LogP contribution in [0.4, 0.5) is 0 Å². The van der Waals surface area contributed by atoms with Gasteiger partial charge < -0.3 is 14.0 Å². The van der Waals surface area contributed by atoms with E-state index >= 15 is 0 Å². The van der Waals surface area contributed by atoms with Crippen molar-refractivity contribution in [2.75, 3.05) is 14.2 Å². The highest BCUT2D eigenvalue weighted by Crippen LogP contribution is 2.24. The number of methoxy groups -OCH3 is 2. The lowest BCUT2D eigenvalue weighted by Gasteiger charge is -2.08. The Hall–Kier alpha value is -3.28. The van der Waals surface area contributed by atoms with Gasteiger partial charge in [0.05, 0.1) is 20.4 Å². The Bertz CT molecular complexity index is 967. The second-order valence-corrected chi connectivity index (χ2v) is 6.40. The van der Waals surface area contributed by atoms with E-state index in [4.69, 9.17) is 9.47 Å². The number of benzene rings is 2. The molecule has 0 fully saturated rings. The average molecular weight is 365 g/mol. The minimum atomic E-state index is -0.337. The molecule has 0 atom stereocenters. The summed E-state index contributed by atoms with van der Waals surface area (Å²) in [5, 5.41) is 5.22. The Morgan fingerprint density at radius 3 is 2.41 bits per heavy atom. The van der Waals surface area contributed by atoms with E-state index in [1.54, 1.807) is 38.6 Å². The topological polar surface area (TPSA) is 64.8 Å². The molecule has 1 heterocycles. The number of nitrogens with one attached hydrogen (secondary N) is 1. The maximum absolute atomic E-state index is 12.4. The van der Waals surface area contributed by atoms with Gasteiger partial charge in [0.25, 0.3) is 5.91 Å². The first kappa shape index (κ1) is 18.5. The summed E-state index contributed by atoms with van der Waals surface area (Å²) in [4.78, 5) is 12.4. The normalized spacial score (nSPS) is 11.3. The molecule has 3 rings (SSSR count). The molecule has 6 heteroatoms. The number of nitrogens with zero attached hydrogens (tertiary/aromatic N) is 2. The van der Waals surface area contributed by atoms with Crippen LogP contribution in [-0.4, -0.2) is 30.9 Å². The van der Waals surface area contributed by atoms with Gasteiger partial charge in [-0.05, 0) is 32.0 Å². The van der Waals surface area contributed by atoms with Crippen LogP contribution in [-0.2, 0) is 0 Å². The van der Waals surface area contributed by atoms with E-state index in [0.717, 1.165) is 16.5 Å². The van der Waals surface area contributed by atoms with Crippen molar-refractivity contribution in [1.82, 2.24) is 9.99 Å². The number of hydrogen-bond donors (Lipinski definition) is 1. The van der Waals surface area contributed by atoms with Gasteiger partial charge in [-0.3, -0.25) is 4.79 Å². The lowest BCUT2D eigenvalue weighted by molar-refractivity contribution is 0.0954. The van der Waals surface area contributed by atoms with Crippen molar-refractivity contribution in [1.29, 1.82) is 0 Å². The quantitative estimate of drug-likeness (QED) is 0.530. The number of ether oxygens (including phenoxy) is 2. The summed E-state index contributed by atoms with van der Waals surface area (Å²) in [6.45, 7) is 4.26. The molecule has 140 valence electrons. The van der Waals surface area contributed by atoms with Crippen LogP contribution >= 0.6 is 0 Å². The molecule has 0 bridgehead atoms. The van der Waals surface area contributed by atoms with Crippen molar-refractivity contribution < 1.29 is 14.3 Å². The molecule has 0 unspecified atom stereocenters. The van der Waals surface area contributed by atoms with Gasteiger partial charge in [0.15, 0.2) is 0 Å². The SMILES string of the molecule is COc1cc(OC)cc(C(=O)NN=Cc2cn(C(C)C)c3ccccc23)c1. The second-order valence-electron chi connectivity index (χ2n) is 6.40. The third-order valence-corrected chi connectivity index (χ3v) is 4.31. The van der Waals surface area contributed by atoms with E-state index in [1.165, 1.54) is 0 Å². The molecule has 0 radical (unpaired) electrons. The maximum atomic E-state index is 12.4. The summed E-state index contributed by atoms with van der Waals surface area (Å²) in [6.07, 6.45) is 3.70. The van der Waals surface area contributed by atoms with E-state index in [9.17, 15) is 4.79 Å². The van der Waals surface area contributed by atoms with Crippen LogP contribution in [0.3, 0.4) is 0 Å². The molecule has 1 aromatic heterocycles. The van der Waals surface area contributed by atoms with Gasteiger partial charge >= 0.3 is 0 Å². The molecule has 1 amide bonds. The Morgan fingerprint density at radius 1 is 1.11 bits per heavy atom. The largest absolute Gasteiger partial charge is 0.497 e. The van der Waals surface area contributed by atoms with E-state index in [1.807, 2.05) is 24.4 Å². The van der Waals surface area contributed by atoms with Crippen LogP contribution in [0, 0.1) is 0 Å². The summed E-state index contributed by atoms with van der Waals surface area (Å²) in [6, 6.07) is 13.4. The van der Waals surface area contributed by atoms with E-state index in [2.05, 4.69) is 35.0 Å². The Kier molecular flexibility index (Phi) is 5.45. The highest BCUT2D eigenvalue weighted by atomic mass is 16.5. The molecule has 0 aliphatic rings. The van der Waals surface area contributed by atoms with Gasteiger partial charge in [-0.2, -0.15) is 5.10 Å². The number of hydrogen-bond acceptors (Lipinski definition) is 4. The van der Waals surface area contributed by atoms with E-state index in [-0.39, 0.29) is 5.91 Å². The number of carbonyl (C=O) groups excluding carboxylic acids is 1. The predicted octanol–water partition coefficient (Wildman–Crippen LogP) is 4.00. The zero-order valence-electron chi connectivity index (χ0n) is 15.9. The van der Waals surface area contributed by atoms with Gasteiger partial charge in [-0.15, -0.1) is 0 Å². The van der Waals surface area contributed by atoms with Crippen molar-refractivity contribution in [2.45, 2.75) is 19.9 Å². The number of aromatic nitrogens is 1. The standard InChI is InChI=1S/C21H23N3O3/c1-14(2)24-13-16(19-7-5-6-8-20(19)24)12-22-23-21(25)15-9-17(26-3)11-18(10-15)27-4/h5-14H,1-4H3,(H,23,25). The first-order chi connectivity index (χ1) is 13.0. The molecule has 2 aromatic carbocycles. The van der Waals surface area contributed by atoms with Gasteiger partial charge in [-0.1, -0.05) is 18.2 Å². The summed E-state index contributed by atoms with van der Waals surface area (Å²) in [7, 11) is 3.08. The summed E-state index contributed by atoms with van der Waals surface area (Å²) >= 11 is 0. The highest BCUT2D eigenvalue weighted by molar-refractivity contribution is 6.00. The second kappa shape index (κ2) is 7.95. The van der Waals surface area contributed by atoms with Gasteiger partial charge in [0, 0.05) is 40.3 Å². The molecule has 0 saturated heterocycles. The third-order valence-electron chi connectivity index (χ3n) is 4.31. The lowest BCUT2D eigenvalue weighted by atomic mass is 10.2. The summed E-state index contributed by atoms with van der Waals surface area (Å²) < 4.78 is 12.6. The third kappa shape index (κ3) is 3.95. The number of rotatable bonds is 6. The summed E-state index contributed by atoms with van der Waals surface area (Å²) in [5.74, 6) is 0.753. The van der Waals surface area contributed by atoms with Crippen molar-refractivity contribution in [2.24, 2.45) is 5.10 Å². The average Bonchev–Trinajstić information content (AvgIpc) is 3.06. The molecule has 0 aliphatic heterocycles. The zero-order chi connectivity index (χ0) is 19.4. The molecular weight excluding hydrogens is 342 g/mol. The number of hydrazone groups is 1. The predicted molar refractivity (Wildman–Crippen MR) is 107 cm³/mol. The van der Waals surface area contributed by atoms with Crippen LogP contribution in [0.2, 0.25) is 0 Å². The van der Waals surface area contributed by atoms with Gasteiger partial charge in [-0.25, -0.2) is 5.43 Å².